The minimum absolute atomic E-state index is 0.0150. The van der Waals surface area contributed by atoms with Crippen LogP contribution in [0, 0.1) is 0 Å². The topological polar surface area (TPSA) is 37.4 Å². The Morgan fingerprint density at radius 2 is 2.00 bits per heavy atom. The molecule has 0 bridgehead atoms. The van der Waals surface area contributed by atoms with Gasteiger partial charge in [0.25, 0.3) is 0 Å². The van der Waals surface area contributed by atoms with E-state index in [1.54, 1.807) is 7.05 Å². The SMILES string of the molecule is CN1C(=O)C[C@@H](c2ccccc2)[C@@H]1C=O. The first-order chi connectivity index (χ1) is 7.24. The molecule has 1 saturated heterocycles. The van der Waals surface area contributed by atoms with E-state index in [-0.39, 0.29) is 17.9 Å². The lowest BCUT2D eigenvalue weighted by atomic mass is 9.92. The van der Waals surface area contributed by atoms with Gasteiger partial charge in [0.1, 0.15) is 6.29 Å². The van der Waals surface area contributed by atoms with Crippen LogP contribution in [-0.2, 0) is 9.59 Å². The summed E-state index contributed by atoms with van der Waals surface area (Å²) in [7, 11) is 1.68. The summed E-state index contributed by atoms with van der Waals surface area (Å²) >= 11 is 0. The molecular weight excluding hydrogens is 190 g/mol. The molecule has 0 N–H and O–H groups in total. The third kappa shape index (κ3) is 1.65. The van der Waals surface area contributed by atoms with Gasteiger partial charge in [-0.15, -0.1) is 0 Å². The van der Waals surface area contributed by atoms with Gasteiger partial charge in [0, 0.05) is 19.4 Å². The summed E-state index contributed by atoms with van der Waals surface area (Å²) in [6.07, 6.45) is 1.30. The van der Waals surface area contributed by atoms with E-state index in [0.29, 0.717) is 6.42 Å². The molecule has 1 heterocycles. The summed E-state index contributed by atoms with van der Waals surface area (Å²) < 4.78 is 0. The first kappa shape index (κ1) is 9.90. The number of benzene rings is 1. The van der Waals surface area contributed by atoms with E-state index in [0.717, 1.165) is 11.8 Å². The Hall–Kier alpha value is -1.64. The maximum atomic E-state index is 11.5. The number of likely N-dealkylation sites (N-methyl/N-ethyl adjacent to an activating group) is 1. The Balaban J connectivity index is 2.31. The number of nitrogens with zero attached hydrogens (tertiary/aromatic N) is 1. The van der Waals surface area contributed by atoms with Gasteiger partial charge in [0.05, 0.1) is 6.04 Å². The normalized spacial score (nSPS) is 25.7. The Kier molecular flexibility index (Phi) is 2.54. The molecule has 0 aromatic heterocycles. The molecule has 1 aliphatic rings. The second-order valence-corrected chi connectivity index (χ2v) is 3.85. The first-order valence-corrected chi connectivity index (χ1v) is 5.00. The summed E-state index contributed by atoms with van der Waals surface area (Å²) in [6, 6.07) is 9.42. The summed E-state index contributed by atoms with van der Waals surface area (Å²) in [5, 5.41) is 0. The van der Waals surface area contributed by atoms with Gasteiger partial charge in [-0.1, -0.05) is 30.3 Å². The monoisotopic (exact) mass is 203 g/mol. The van der Waals surface area contributed by atoms with Crippen LogP contribution in [0.15, 0.2) is 30.3 Å². The number of hydrogen-bond donors (Lipinski definition) is 0. The van der Waals surface area contributed by atoms with Crippen LogP contribution >= 0.6 is 0 Å². The van der Waals surface area contributed by atoms with Crippen molar-refractivity contribution in [2.45, 2.75) is 18.4 Å². The average molecular weight is 203 g/mol. The number of aldehydes is 1. The molecule has 3 heteroatoms. The van der Waals surface area contributed by atoms with E-state index < -0.39 is 0 Å². The molecule has 78 valence electrons. The van der Waals surface area contributed by atoms with Crippen LogP contribution in [0.5, 0.6) is 0 Å². The van der Waals surface area contributed by atoms with Crippen LogP contribution < -0.4 is 0 Å². The van der Waals surface area contributed by atoms with Crippen molar-refractivity contribution in [3.63, 3.8) is 0 Å². The summed E-state index contributed by atoms with van der Waals surface area (Å²) in [4.78, 5) is 24.0. The molecule has 1 amide bonds. The van der Waals surface area contributed by atoms with Crippen molar-refractivity contribution < 1.29 is 9.59 Å². The second-order valence-electron chi connectivity index (χ2n) is 3.85. The van der Waals surface area contributed by atoms with Gasteiger partial charge >= 0.3 is 0 Å². The largest absolute Gasteiger partial charge is 0.335 e. The zero-order valence-corrected chi connectivity index (χ0v) is 8.59. The molecule has 15 heavy (non-hydrogen) atoms. The van der Waals surface area contributed by atoms with E-state index in [4.69, 9.17) is 0 Å². The minimum Gasteiger partial charge on any atom is -0.335 e. The fourth-order valence-corrected chi connectivity index (χ4v) is 2.09. The molecular formula is C12H13NO2. The third-order valence-electron chi connectivity index (χ3n) is 3.01. The predicted molar refractivity (Wildman–Crippen MR) is 56.4 cm³/mol. The molecule has 0 saturated carbocycles. The smallest absolute Gasteiger partial charge is 0.223 e. The zero-order valence-electron chi connectivity index (χ0n) is 8.59. The zero-order chi connectivity index (χ0) is 10.8. The molecule has 2 atom stereocenters. The summed E-state index contributed by atoms with van der Waals surface area (Å²) in [6.45, 7) is 0. The fourth-order valence-electron chi connectivity index (χ4n) is 2.09. The first-order valence-electron chi connectivity index (χ1n) is 5.00. The van der Waals surface area contributed by atoms with Crippen LogP contribution in [0.4, 0.5) is 0 Å². The highest BCUT2D eigenvalue weighted by Gasteiger charge is 2.37. The van der Waals surface area contributed by atoms with Crippen LogP contribution in [0.2, 0.25) is 0 Å². The number of rotatable bonds is 2. The highest BCUT2D eigenvalue weighted by molar-refractivity contribution is 5.85. The van der Waals surface area contributed by atoms with E-state index in [1.807, 2.05) is 30.3 Å². The van der Waals surface area contributed by atoms with E-state index in [1.165, 1.54) is 4.90 Å². The van der Waals surface area contributed by atoms with Crippen molar-refractivity contribution in [2.75, 3.05) is 7.05 Å². The minimum atomic E-state index is -0.306. The molecule has 1 aromatic carbocycles. The van der Waals surface area contributed by atoms with E-state index >= 15 is 0 Å². The number of likely N-dealkylation sites (tertiary alicyclic amines) is 1. The van der Waals surface area contributed by atoms with Gasteiger partial charge in [0.2, 0.25) is 5.91 Å². The number of amides is 1. The molecule has 0 aliphatic carbocycles. The lowest BCUT2D eigenvalue weighted by Gasteiger charge is -2.19. The van der Waals surface area contributed by atoms with Gasteiger partial charge < -0.3 is 9.69 Å². The standard InChI is InChI=1S/C12H13NO2/c1-13-11(8-14)10(7-12(13)15)9-5-3-2-4-6-9/h2-6,8,10-11H,7H2,1H3/t10-,11-/m0/s1. The summed E-state index contributed by atoms with van der Waals surface area (Å²) in [5.41, 5.74) is 1.06. The molecule has 3 nitrogen and oxygen atoms in total. The maximum Gasteiger partial charge on any atom is 0.223 e. The summed E-state index contributed by atoms with van der Waals surface area (Å²) in [5.74, 6) is 0.0575. The molecule has 2 rings (SSSR count). The lowest BCUT2D eigenvalue weighted by Crippen LogP contribution is -2.32. The van der Waals surface area contributed by atoms with Crippen LogP contribution in [0.1, 0.15) is 17.9 Å². The van der Waals surface area contributed by atoms with Gasteiger partial charge in [-0.3, -0.25) is 4.79 Å². The molecule has 1 aliphatic heterocycles. The number of hydrogen-bond acceptors (Lipinski definition) is 2. The Labute approximate surface area is 88.7 Å². The number of carbonyl (C=O) groups is 2. The Bertz CT molecular complexity index is 374. The highest BCUT2D eigenvalue weighted by atomic mass is 16.2. The van der Waals surface area contributed by atoms with Crippen LogP contribution in [0.25, 0.3) is 0 Å². The second kappa shape index (κ2) is 3.85. The highest BCUT2D eigenvalue weighted by Crippen LogP contribution is 2.31. The molecule has 0 unspecified atom stereocenters. The maximum absolute atomic E-state index is 11.5. The van der Waals surface area contributed by atoms with Gasteiger partial charge in [-0.2, -0.15) is 0 Å². The van der Waals surface area contributed by atoms with Gasteiger partial charge in [-0.25, -0.2) is 0 Å². The van der Waals surface area contributed by atoms with Crippen molar-refractivity contribution in [1.29, 1.82) is 0 Å². The van der Waals surface area contributed by atoms with Crippen molar-refractivity contribution >= 4 is 12.2 Å². The van der Waals surface area contributed by atoms with Gasteiger partial charge in [0.15, 0.2) is 0 Å². The quantitative estimate of drug-likeness (QED) is 0.677. The predicted octanol–water partition coefficient (Wildman–Crippen LogP) is 1.20. The number of carbonyl (C=O) groups excluding carboxylic acids is 2. The molecule has 1 fully saturated rings. The van der Waals surface area contributed by atoms with E-state index in [2.05, 4.69) is 0 Å². The van der Waals surface area contributed by atoms with Crippen LogP contribution in [0.3, 0.4) is 0 Å². The third-order valence-corrected chi connectivity index (χ3v) is 3.01. The fraction of sp³-hybridized carbons (Fsp3) is 0.333. The van der Waals surface area contributed by atoms with E-state index in [9.17, 15) is 9.59 Å². The molecule has 0 radical (unpaired) electrons. The Morgan fingerprint density at radius 1 is 1.33 bits per heavy atom. The average Bonchev–Trinajstić information content (AvgIpc) is 2.56. The van der Waals surface area contributed by atoms with Crippen molar-refractivity contribution in [2.24, 2.45) is 0 Å². The van der Waals surface area contributed by atoms with Crippen LogP contribution in [-0.4, -0.2) is 30.2 Å². The molecule has 1 aromatic rings. The van der Waals surface area contributed by atoms with Crippen molar-refractivity contribution in [1.82, 2.24) is 4.90 Å². The van der Waals surface area contributed by atoms with Crippen molar-refractivity contribution in [3.8, 4) is 0 Å². The lowest BCUT2D eigenvalue weighted by molar-refractivity contribution is -0.129. The molecule has 0 spiro atoms. The Morgan fingerprint density at radius 3 is 2.60 bits per heavy atom. The van der Waals surface area contributed by atoms with Gasteiger partial charge in [-0.05, 0) is 5.56 Å². The van der Waals surface area contributed by atoms with Crippen molar-refractivity contribution in [3.05, 3.63) is 35.9 Å².